The Labute approximate surface area is 112 Å². The van der Waals surface area contributed by atoms with Crippen molar-refractivity contribution in [1.29, 1.82) is 0 Å². The molecule has 1 aromatic rings. The normalized spacial score (nSPS) is 19.4. The minimum atomic E-state index is 0.291. The molecule has 0 amide bonds. The zero-order chi connectivity index (χ0) is 12.5. The van der Waals surface area contributed by atoms with Crippen molar-refractivity contribution in [1.82, 2.24) is 10.3 Å². The van der Waals surface area contributed by atoms with E-state index in [0.717, 1.165) is 23.4 Å². The number of nitrogens with zero attached hydrogens (tertiary/aromatic N) is 2. The van der Waals surface area contributed by atoms with Gasteiger partial charge in [-0.25, -0.2) is 4.98 Å². The Bertz CT molecular complexity index is 398. The second-order valence-electron chi connectivity index (χ2n) is 5.09. The maximum atomic E-state index is 4.53. The molecule has 1 aliphatic rings. The van der Waals surface area contributed by atoms with Crippen molar-refractivity contribution in [3.8, 4) is 0 Å². The summed E-state index contributed by atoms with van der Waals surface area (Å²) in [6, 6.07) is 2.13. The lowest BCUT2D eigenvalue weighted by molar-refractivity contribution is 0.304. The highest BCUT2D eigenvalue weighted by Gasteiger charge is 2.29. The minimum absolute atomic E-state index is 0.291. The van der Waals surface area contributed by atoms with Crippen LogP contribution in [0.3, 0.4) is 0 Å². The van der Waals surface area contributed by atoms with E-state index in [-0.39, 0.29) is 0 Å². The van der Waals surface area contributed by atoms with Gasteiger partial charge in [-0.3, -0.25) is 0 Å². The van der Waals surface area contributed by atoms with Crippen LogP contribution in [0, 0.1) is 6.92 Å². The van der Waals surface area contributed by atoms with Gasteiger partial charge in [0.15, 0.2) is 0 Å². The van der Waals surface area contributed by atoms with E-state index < -0.39 is 0 Å². The van der Waals surface area contributed by atoms with E-state index in [1.807, 2.05) is 6.20 Å². The molecule has 1 aromatic heterocycles. The van der Waals surface area contributed by atoms with E-state index in [0.29, 0.717) is 5.54 Å². The molecule has 17 heavy (non-hydrogen) atoms. The number of anilines is 1. The summed E-state index contributed by atoms with van der Waals surface area (Å²) in [5, 5.41) is 3.42. The van der Waals surface area contributed by atoms with Crippen LogP contribution in [-0.4, -0.2) is 30.7 Å². The van der Waals surface area contributed by atoms with Crippen molar-refractivity contribution >= 4 is 21.7 Å². The SMILES string of the molecule is CNC1(C)CCN(c2ncc(Br)cc2C)CC1. The average molecular weight is 298 g/mol. The molecule has 2 heterocycles. The van der Waals surface area contributed by atoms with Crippen molar-refractivity contribution in [2.75, 3.05) is 25.0 Å². The van der Waals surface area contributed by atoms with Crippen LogP contribution in [0.5, 0.6) is 0 Å². The zero-order valence-electron chi connectivity index (χ0n) is 10.8. The van der Waals surface area contributed by atoms with E-state index in [1.165, 1.54) is 18.4 Å². The van der Waals surface area contributed by atoms with Gasteiger partial charge in [0.1, 0.15) is 5.82 Å². The Balaban J connectivity index is 2.10. The Morgan fingerprint density at radius 2 is 2.06 bits per heavy atom. The van der Waals surface area contributed by atoms with Crippen LogP contribution in [0.1, 0.15) is 25.3 Å². The Hall–Kier alpha value is -0.610. The van der Waals surface area contributed by atoms with E-state index in [9.17, 15) is 0 Å². The maximum absolute atomic E-state index is 4.53. The highest BCUT2D eigenvalue weighted by atomic mass is 79.9. The van der Waals surface area contributed by atoms with Gasteiger partial charge in [0.2, 0.25) is 0 Å². The molecular weight excluding hydrogens is 278 g/mol. The van der Waals surface area contributed by atoms with Crippen molar-refractivity contribution < 1.29 is 0 Å². The van der Waals surface area contributed by atoms with E-state index in [1.54, 1.807) is 0 Å². The molecule has 0 spiro atoms. The van der Waals surface area contributed by atoms with Crippen LogP contribution in [-0.2, 0) is 0 Å². The summed E-state index contributed by atoms with van der Waals surface area (Å²) in [6.45, 7) is 6.57. The largest absolute Gasteiger partial charge is 0.356 e. The fraction of sp³-hybridized carbons (Fsp3) is 0.615. The lowest BCUT2D eigenvalue weighted by Crippen LogP contribution is -2.50. The van der Waals surface area contributed by atoms with Crippen molar-refractivity contribution in [3.63, 3.8) is 0 Å². The van der Waals surface area contributed by atoms with Gasteiger partial charge < -0.3 is 10.2 Å². The highest BCUT2D eigenvalue weighted by molar-refractivity contribution is 9.10. The lowest BCUT2D eigenvalue weighted by Gasteiger charge is -2.40. The molecule has 0 atom stereocenters. The van der Waals surface area contributed by atoms with Crippen LogP contribution >= 0.6 is 15.9 Å². The van der Waals surface area contributed by atoms with Gasteiger partial charge in [0, 0.05) is 29.3 Å². The molecular formula is C13H20BrN3. The molecule has 1 aliphatic heterocycles. The van der Waals surface area contributed by atoms with Gasteiger partial charge in [-0.2, -0.15) is 0 Å². The predicted octanol–water partition coefficient (Wildman–Crippen LogP) is 2.73. The number of hydrogen-bond donors (Lipinski definition) is 1. The molecule has 0 radical (unpaired) electrons. The number of halogens is 1. The standard InChI is InChI=1S/C13H20BrN3/c1-10-8-11(14)9-16-12(10)17-6-4-13(2,15-3)5-7-17/h8-9,15H,4-7H2,1-3H3. The number of aryl methyl sites for hydroxylation is 1. The molecule has 1 saturated heterocycles. The van der Waals surface area contributed by atoms with Crippen LogP contribution < -0.4 is 10.2 Å². The van der Waals surface area contributed by atoms with Crippen LogP contribution in [0.15, 0.2) is 16.7 Å². The third kappa shape index (κ3) is 2.80. The van der Waals surface area contributed by atoms with Crippen LogP contribution in [0.4, 0.5) is 5.82 Å². The number of nitrogens with one attached hydrogen (secondary N) is 1. The molecule has 4 heteroatoms. The zero-order valence-corrected chi connectivity index (χ0v) is 12.3. The van der Waals surface area contributed by atoms with Crippen molar-refractivity contribution in [3.05, 3.63) is 22.3 Å². The molecule has 1 fully saturated rings. The molecule has 2 rings (SSSR count). The number of piperidine rings is 1. The van der Waals surface area contributed by atoms with Gasteiger partial charge in [0.05, 0.1) is 0 Å². The fourth-order valence-electron chi connectivity index (χ4n) is 2.33. The third-order valence-corrected chi connectivity index (χ3v) is 4.22. The van der Waals surface area contributed by atoms with Gasteiger partial charge in [-0.1, -0.05) is 0 Å². The monoisotopic (exact) mass is 297 g/mol. The van der Waals surface area contributed by atoms with Gasteiger partial charge in [-0.05, 0) is 61.3 Å². The minimum Gasteiger partial charge on any atom is -0.356 e. The summed E-state index contributed by atoms with van der Waals surface area (Å²) < 4.78 is 1.05. The number of hydrogen-bond acceptors (Lipinski definition) is 3. The fourth-order valence-corrected chi connectivity index (χ4v) is 2.77. The molecule has 0 aromatic carbocycles. The van der Waals surface area contributed by atoms with Crippen molar-refractivity contribution in [2.45, 2.75) is 32.2 Å². The average Bonchev–Trinajstić information content (AvgIpc) is 2.31. The van der Waals surface area contributed by atoms with Gasteiger partial charge >= 0.3 is 0 Å². The topological polar surface area (TPSA) is 28.2 Å². The first kappa shape index (κ1) is 12.8. The summed E-state index contributed by atoms with van der Waals surface area (Å²) in [6.07, 6.45) is 4.22. The molecule has 0 aliphatic carbocycles. The number of aromatic nitrogens is 1. The summed E-state index contributed by atoms with van der Waals surface area (Å²) in [7, 11) is 2.05. The van der Waals surface area contributed by atoms with E-state index in [2.05, 4.69) is 58.1 Å². The second kappa shape index (κ2) is 4.94. The molecule has 94 valence electrons. The summed E-state index contributed by atoms with van der Waals surface area (Å²) >= 11 is 3.46. The van der Waals surface area contributed by atoms with Gasteiger partial charge in [0.25, 0.3) is 0 Å². The second-order valence-corrected chi connectivity index (χ2v) is 6.01. The summed E-state index contributed by atoms with van der Waals surface area (Å²) in [5.41, 5.74) is 1.53. The van der Waals surface area contributed by atoms with Crippen LogP contribution in [0.25, 0.3) is 0 Å². The molecule has 3 nitrogen and oxygen atoms in total. The highest BCUT2D eigenvalue weighted by Crippen LogP contribution is 2.27. The Morgan fingerprint density at radius 1 is 1.41 bits per heavy atom. The first-order valence-corrected chi connectivity index (χ1v) is 6.89. The Kier molecular flexibility index (Phi) is 3.73. The molecule has 0 saturated carbocycles. The molecule has 0 unspecified atom stereocenters. The quantitative estimate of drug-likeness (QED) is 0.910. The van der Waals surface area contributed by atoms with Crippen molar-refractivity contribution in [2.24, 2.45) is 0 Å². The molecule has 0 bridgehead atoms. The first-order chi connectivity index (χ1) is 8.04. The lowest BCUT2D eigenvalue weighted by atomic mass is 9.90. The summed E-state index contributed by atoms with van der Waals surface area (Å²) in [5.74, 6) is 1.13. The van der Waals surface area contributed by atoms with E-state index >= 15 is 0 Å². The summed E-state index contributed by atoms with van der Waals surface area (Å²) in [4.78, 5) is 6.92. The molecule has 1 N–H and O–H groups in total. The Morgan fingerprint density at radius 3 is 2.59 bits per heavy atom. The van der Waals surface area contributed by atoms with E-state index in [4.69, 9.17) is 0 Å². The third-order valence-electron chi connectivity index (χ3n) is 3.79. The number of rotatable bonds is 2. The predicted molar refractivity (Wildman–Crippen MR) is 75.6 cm³/mol. The smallest absolute Gasteiger partial charge is 0.131 e. The number of pyridine rings is 1. The first-order valence-electron chi connectivity index (χ1n) is 6.10. The maximum Gasteiger partial charge on any atom is 0.131 e. The van der Waals surface area contributed by atoms with Gasteiger partial charge in [-0.15, -0.1) is 0 Å². The van der Waals surface area contributed by atoms with Crippen LogP contribution in [0.2, 0.25) is 0 Å².